The summed E-state index contributed by atoms with van der Waals surface area (Å²) in [7, 11) is 0. The van der Waals surface area contributed by atoms with Crippen LogP contribution in [0.2, 0.25) is 0 Å². The van der Waals surface area contributed by atoms with Crippen LogP contribution in [0.1, 0.15) is 28.4 Å². The summed E-state index contributed by atoms with van der Waals surface area (Å²) >= 11 is 0. The molecule has 1 heterocycles. The molecule has 2 aromatic rings. The fourth-order valence-electron chi connectivity index (χ4n) is 2.57. The number of nitrogens with two attached hydrogens (primary N) is 1. The van der Waals surface area contributed by atoms with Gasteiger partial charge in [0.15, 0.2) is 17.3 Å². The molecular formula is C17H15NO7. The highest BCUT2D eigenvalue weighted by Crippen LogP contribution is 2.42. The Hall–Kier alpha value is -3.26. The molecule has 5 N–H and O–H groups in total. The number of ketones is 1. The fourth-order valence-corrected chi connectivity index (χ4v) is 2.57. The lowest BCUT2D eigenvalue weighted by molar-refractivity contribution is -0.132. The number of hydrogen-bond donors (Lipinski definition) is 4. The molecule has 8 heteroatoms. The van der Waals surface area contributed by atoms with Gasteiger partial charge < -0.3 is 30.5 Å². The number of aromatic hydroxyl groups is 3. The third kappa shape index (κ3) is 3.20. The Morgan fingerprint density at radius 2 is 1.92 bits per heavy atom. The molecule has 1 aliphatic rings. The zero-order valence-electron chi connectivity index (χ0n) is 12.9. The van der Waals surface area contributed by atoms with Crippen LogP contribution in [0.25, 0.3) is 0 Å². The van der Waals surface area contributed by atoms with Crippen LogP contribution < -0.4 is 15.2 Å². The van der Waals surface area contributed by atoms with Gasteiger partial charge in [-0.05, 0) is 17.7 Å². The zero-order valence-corrected chi connectivity index (χ0v) is 12.9. The van der Waals surface area contributed by atoms with Gasteiger partial charge in [-0.25, -0.2) is 0 Å². The van der Waals surface area contributed by atoms with Gasteiger partial charge in [-0.15, -0.1) is 0 Å². The Kier molecular flexibility index (Phi) is 4.20. The smallest absolute Gasteiger partial charge is 0.325 e. The molecule has 8 nitrogen and oxygen atoms in total. The molecule has 0 saturated carbocycles. The van der Waals surface area contributed by atoms with Gasteiger partial charge in [-0.1, -0.05) is 6.07 Å². The Labute approximate surface area is 142 Å². The number of rotatable bonds is 3. The predicted molar refractivity (Wildman–Crippen MR) is 84.9 cm³/mol. The van der Waals surface area contributed by atoms with Crippen LogP contribution in [0, 0.1) is 0 Å². The van der Waals surface area contributed by atoms with Crippen LogP contribution in [0.5, 0.6) is 28.7 Å². The van der Waals surface area contributed by atoms with Gasteiger partial charge in [0.2, 0.25) is 0 Å². The highest BCUT2D eigenvalue weighted by Gasteiger charge is 2.31. The fraction of sp³-hybridized carbons (Fsp3) is 0.176. The minimum Gasteiger partial charge on any atom is -0.507 e. The lowest BCUT2D eigenvalue weighted by atomic mass is 9.95. The number of esters is 1. The molecule has 0 aromatic heterocycles. The molecule has 130 valence electrons. The topological polar surface area (TPSA) is 139 Å². The van der Waals surface area contributed by atoms with E-state index in [2.05, 4.69) is 0 Å². The normalized spacial score (nSPS) is 16.0. The number of fused-ring (bicyclic) bond motifs is 1. The maximum atomic E-state index is 12.4. The van der Waals surface area contributed by atoms with E-state index in [1.165, 1.54) is 24.3 Å². The van der Waals surface area contributed by atoms with Crippen molar-refractivity contribution in [2.75, 3.05) is 6.54 Å². The molecule has 3 rings (SSSR count). The number of phenolic OH excluding ortho intramolecular Hbond substituents is 3. The second-order valence-electron chi connectivity index (χ2n) is 5.48. The van der Waals surface area contributed by atoms with Crippen molar-refractivity contribution in [3.63, 3.8) is 0 Å². The van der Waals surface area contributed by atoms with E-state index in [-0.39, 0.29) is 53.1 Å². The number of ether oxygens (including phenoxy) is 2. The Bertz CT molecular complexity index is 862. The first-order chi connectivity index (χ1) is 11.9. The third-order valence-electron chi connectivity index (χ3n) is 3.74. The molecule has 0 aliphatic carbocycles. The van der Waals surface area contributed by atoms with Gasteiger partial charge in [-0.3, -0.25) is 9.59 Å². The van der Waals surface area contributed by atoms with Crippen molar-refractivity contribution < 1.29 is 34.4 Å². The average molecular weight is 345 g/mol. The molecule has 2 aromatic carbocycles. The third-order valence-corrected chi connectivity index (χ3v) is 3.74. The summed E-state index contributed by atoms with van der Waals surface area (Å²) in [5, 5.41) is 29.0. The molecule has 0 radical (unpaired) electrons. The van der Waals surface area contributed by atoms with Gasteiger partial charge in [0.25, 0.3) is 0 Å². The minimum absolute atomic E-state index is 0.00583. The Morgan fingerprint density at radius 1 is 1.16 bits per heavy atom. The van der Waals surface area contributed by atoms with Gasteiger partial charge >= 0.3 is 5.97 Å². The van der Waals surface area contributed by atoms with Crippen LogP contribution in [0.4, 0.5) is 0 Å². The van der Waals surface area contributed by atoms with Gasteiger partial charge in [-0.2, -0.15) is 0 Å². The molecule has 0 fully saturated rings. The first-order valence-electron chi connectivity index (χ1n) is 7.38. The molecule has 0 unspecified atom stereocenters. The van der Waals surface area contributed by atoms with Gasteiger partial charge in [0.1, 0.15) is 28.9 Å². The van der Waals surface area contributed by atoms with Gasteiger partial charge in [0.05, 0.1) is 13.0 Å². The number of benzene rings is 2. The van der Waals surface area contributed by atoms with Crippen LogP contribution in [-0.4, -0.2) is 33.6 Å². The standard InChI is InChI=1S/C17H15NO7/c18-7-16(23)24-9-4-12(21)17-13(22)6-14(25-15(17)5-9)8-1-2-10(19)11(20)3-8/h1-5,14,19-21H,6-7,18H2/t14-/m0/s1. The number of carbonyl (C=O) groups excluding carboxylic acids is 2. The Balaban J connectivity index is 1.96. The van der Waals surface area contributed by atoms with E-state index < -0.39 is 12.1 Å². The minimum atomic E-state index is -0.730. The highest BCUT2D eigenvalue weighted by atomic mass is 16.5. The lowest BCUT2D eigenvalue weighted by Gasteiger charge is -2.26. The summed E-state index contributed by atoms with van der Waals surface area (Å²) in [6.45, 7) is -0.340. The van der Waals surface area contributed by atoms with E-state index in [0.29, 0.717) is 5.56 Å². The van der Waals surface area contributed by atoms with E-state index in [1.54, 1.807) is 0 Å². The number of hydrogen-bond acceptors (Lipinski definition) is 8. The van der Waals surface area contributed by atoms with E-state index in [1.807, 2.05) is 0 Å². The van der Waals surface area contributed by atoms with Gasteiger partial charge in [0, 0.05) is 12.1 Å². The number of phenols is 3. The van der Waals surface area contributed by atoms with Crippen molar-refractivity contribution >= 4 is 11.8 Å². The maximum Gasteiger partial charge on any atom is 0.325 e. The summed E-state index contributed by atoms with van der Waals surface area (Å²) in [5.74, 6) is -2.03. The molecule has 1 aliphatic heterocycles. The van der Waals surface area contributed by atoms with Crippen molar-refractivity contribution in [3.05, 3.63) is 41.5 Å². The van der Waals surface area contributed by atoms with Crippen molar-refractivity contribution in [1.29, 1.82) is 0 Å². The SMILES string of the molecule is NCC(=O)Oc1cc(O)c2c(c1)O[C@H](c1ccc(O)c(O)c1)CC2=O. The number of carbonyl (C=O) groups is 2. The first kappa shape index (κ1) is 16.6. The van der Waals surface area contributed by atoms with Crippen LogP contribution in [-0.2, 0) is 4.79 Å². The molecule has 1 atom stereocenters. The molecule has 25 heavy (non-hydrogen) atoms. The van der Waals surface area contributed by atoms with Crippen LogP contribution in [0.3, 0.4) is 0 Å². The Morgan fingerprint density at radius 3 is 2.60 bits per heavy atom. The highest BCUT2D eigenvalue weighted by molar-refractivity contribution is 6.02. The molecule has 0 saturated heterocycles. The van der Waals surface area contributed by atoms with Crippen molar-refractivity contribution in [2.24, 2.45) is 5.73 Å². The largest absolute Gasteiger partial charge is 0.507 e. The summed E-state index contributed by atoms with van der Waals surface area (Å²) in [6, 6.07) is 6.53. The lowest BCUT2D eigenvalue weighted by Crippen LogP contribution is -2.22. The monoisotopic (exact) mass is 345 g/mol. The first-order valence-corrected chi connectivity index (χ1v) is 7.38. The second kappa shape index (κ2) is 6.33. The second-order valence-corrected chi connectivity index (χ2v) is 5.48. The molecule has 0 bridgehead atoms. The molecule has 0 spiro atoms. The zero-order chi connectivity index (χ0) is 18.1. The quantitative estimate of drug-likeness (QED) is 0.371. The van der Waals surface area contributed by atoms with E-state index >= 15 is 0 Å². The molecular weight excluding hydrogens is 330 g/mol. The molecule has 0 amide bonds. The summed E-state index contributed by atoms with van der Waals surface area (Å²) in [6.07, 6.45) is -0.793. The van der Waals surface area contributed by atoms with Crippen molar-refractivity contribution in [1.82, 2.24) is 0 Å². The van der Waals surface area contributed by atoms with E-state index in [0.717, 1.165) is 6.07 Å². The van der Waals surface area contributed by atoms with Crippen molar-refractivity contribution in [3.8, 4) is 28.7 Å². The summed E-state index contributed by atoms with van der Waals surface area (Å²) in [4.78, 5) is 23.6. The van der Waals surface area contributed by atoms with E-state index in [9.17, 15) is 24.9 Å². The number of Topliss-reactive ketones (excluding diaryl/α,β-unsaturated/α-hetero) is 1. The predicted octanol–water partition coefficient (Wildman–Crippen LogP) is 1.37. The maximum absolute atomic E-state index is 12.4. The summed E-state index contributed by atoms with van der Waals surface area (Å²) in [5.41, 5.74) is 5.64. The van der Waals surface area contributed by atoms with E-state index in [4.69, 9.17) is 15.2 Å². The van der Waals surface area contributed by atoms with Crippen LogP contribution in [0.15, 0.2) is 30.3 Å². The van der Waals surface area contributed by atoms with Crippen LogP contribution >= 0.6 is 0 Å². The summed E-state index contributed by atoms with van der Waals surface area (Å²) < 4.78 is 10.7. The van der Waals surface area contributed by atoms with Crippen molar-refractivity contribution in [2.45, 2.75) is 12.5 Å². The average Bonchev–Trinajstić information content (AvgIpc) is 2.56.